The van der Waals surface area contributed by atoms with Crippen LogP contribution in [0.5, 0.6) is 11.5 Å². The normalized spacial score (nSPS) is 15.7. The summed E-state index contributed by atoms with van der Waals surface area (Å²) in [5.74, 6) is 1.53. The van der Waals surface area contributed by atoms with Crippen LogP contribution in [0.25, 0.3) is 22.3 Å². The molecular formula is C23H16N2O6. The van der Waals surface area contributed by atoms with Gasteiger partial charge in [-0.15, -0.1) is 0 Å². The zero-order valence-corrected chi connectivity index (χ0v) is 16.2. The van der Waals surface area contributed by atoms with Crippen LogP contribution in [-0.2, 0) is 10.2 Å². The van der Waals surface area contributed by atoms with E-state index in [9.17, 15) is 9.59 Å². The van der Waals surface area contributed by atoms with Gasteiger partial charge in [0, 0.05) is 17.0 Å². The van der Waals surface area contributed by atoms with Gasteiger partial charge in [-0.1, -0.05) is 23.4 Å². The Morgan fingerprint density at radius 1 is 1.00 bits per heavy atom. The van der Waals surface area contributed by atoms with Crippen LogP contribution in [0.15, 0.2) is 68.3 Å². The lowest BCUT2D eigenvalue weighted by atomic mass is 10.00. The fourth-order valence-electron chi connectivity index (χ4n) is 3.80. The third-order valence-corrected chi connectivity index (χ3v) is 5.73. The molecule has 0 atom stereocenters. The third kappa shape index (κ3) is 2.87. The number of carbonyl (C=O) groups is 1. The first-order chi connectivity index (χ1) is 15.1. The van der Waals surface area contributed by atoms with E-state index in [0.717, 1.165) is 10.9 Å². The minimum absolute atomic E-state index is 0.106. The molecule has 6 rings (SSSR count). The van der Waals surface area contributed by atoms with Crippen molar-refractivity contribution >= 4 is 22.6 Å². The molecule has 0 bridgehead atoms. The second kappa shape index (κ2) is 6.46. The van der Waals surface area contributed by atoms with Gasteiger partial charge in [-0.25, -0.2) is 4.79 Å². The number of amides is 1. The van der Waals surface area contributed by atoms with Crippen molar-refractivity contribution in [1.29, 1.82) is 0 Å². The summed E-state index contributed by atoms with van der Waals surface area (Å²) in [5.41, 5.74) is 0.461. The maximum absolute atomic E-state index is 13.1. The fourth-order valence-corrected chi connectivity index (χ4v) is 3.80. The highest BCUT2D eigenvalue weighted by Crippen LogP contribution is 2.49. The van der Waals surface area contributed by atoms with Gasteiger partial charge >= 0.3 is 5.63 Å². The highest BCUT2D eigenvalue weighted by Gasteiger charge is 2.54. The van der Waals surface area contributed by atoms with Crippen LogP contribution in [0, 0.1) is 0 Å². The first kappa shape index (κ1) is 17.8. The van der Waals surface area contributed by atoms with E-state index in [1.165, 1.54) is 0 Å². The molecule has 2 aliphatic rings. The Labute approximate surface area is 175 Å². The summed E-state index contributed by atoms with van der Waals surface area (Å²) in [6.45, 7) is 0.187. The van der Waals surface area contributed by atoms with E-state index in [-0.39, 0.29) is 18.4 Å². The van der Waals surface area contributed by atoms with E-state index in [2.05, 4.69) is 10.5 Å². The Balaban J connectivity index is 1.28. The summed E-state index contributed by atoms with van der Waals surface area (Å²) in [5, 5.41) is 7.60. The Bertz CT molecular complexity index is 1400. The second-order valence-corrected chi connectivity index (χ2v) is 7.67. The van der Waals surface area contributed by atoms with Crippen LogP contribution in [0.3, 0.4) is 0 Å². The highest BCUT2D eigenvalue weighted by atomic mass is 16.7. The number of para-hydroxylation sites is 1. The average Bonchev–Trinajstić information content (AvgIpc) is 3.21. The molecule has 31 heavy (non-hydrogen) atoms. The molecular weight excluding hydrogens is 400 g/mol. The van der Waals surface area contributed by atoms with Gasteiger partial charge in [-0.3, -0.25) is 4.79 Å². The lowest BCUT2D eigenvalue weighted by Gasteiger charge is -2.12. The van der Waals surface area contributed by atoms with E-state index in [0.29, 0.717) is 41.4 Å². The fraction of sp³-hybridized carbons (Fsp3) is 0.174. The molecule has 1 fully saturated rings. The van der Waals surface area contributed by atoms with Crippen molar-refractivity contribution in [3.63, 3.8) is 0 Å². The number of carbonyl (C=O) groups excluding carboxylic acids is 1. The number of fused-ring (bicyclic) bond motifs is 2. The van der Waals surface area contributed by atoms with Crippen molar-refractivity contribution in [3.8, 4) is 22.8 Å². The van der Waals surface area contributed by atoms with E-state index in [1.807, 2.05) is 24.3 Å². The number of nitrogens with one attached hydrogen (secondary N) is 1. The summed E-state index contributed by atoms with van der Waals surface area (Å²) in [7, 11) is 0. The lowest BCUT2D eigenvalue weighted by molar-refractivity contribution is -0.118. The molecule has 2 aromatic heterocycles. The number of benzene rings is 2. The predicted octanol–water partition coefficient (Wildman–Crippen LogP) is 3.85. The Kier molecular flexibility index (Phi) is 3.70. The lowest BCUT2D eigenvalue weighted by Crippen LogP contribution is -2.30. The molecule has 1 amide bonds. The number of aromatic nitrogens is 1. The molecule has 154 valence electrons. The van der Waals surface area contributed by atoms with Crippen molar-refractivity contribution in [2.75, 3.05) is 12.1 Å². The van der Waals surface area contributed by atoms with Crippen molar-refractivity contribution in [2.45, 2.75) is 18.3 Å². The summed E-state index contributed by atoms with van der Waals surface area (Å²) in [6, 6.07) is 16.0. The van der Waals surface area contributed by atoms with Crippen molar-refractivity contribution < 1.29 is 23.2 Å². The molecule has 8 nitrogen and oxygen atoms in total. The molecule has 1 N–H and O–H groups in total. The van der Waals surface area contributed by atoms with Crippen LogP contribution in [0.2, 0.25) is 0 Å². The zero-order chi connectivity index (χ0) is 21.0. The number of rotatable bonds is 4. The van der Waals surface area contributed by atoms with Gasteiger partial charge < -0.3 is 23.7 Å². The van der Waals surface area contributed by atoms with Gasteiger partial charge in [-0.05, 0) is 43.2 Å². The molecule has 2 aromatic carbocycles. The van der Waals surface area contributed by atoms with Gasteiger partial charge in [-0.2, -0.15) is 0 Å². The van der Waals surface area contributed by atoms with E-state index < -0.39 is 11.0 Å². The SMILES string of the molecule is O=C(Nc1cc2ccccc2oc1=O)C1(c2cc(-c3ccc4c(c3)OCO4)on2)CC1. The minimum Gasteiger partial charge on any atom is -0.454 e. The maximum atomic E-state index is 13.1. The number of anilines is 1. The predicted molar refractivity (Wildman–Crippen MR) is 110 cm³/mol. The van der Waals surface area contributed by atoms with Crippen LogP contribution in [-0.4, -0.2) is 17.9 Å². The molecule has 4 aromatic rings. The van der Waals surface area contributed by atoms with Gasteiger partial charge in [0.05, 0.1) is 11.1 Å². The summed E-state index contributed by atoms with van der Waals surface area (Å²) in [4.78, 5) is 25.4. The largest absolute Gasteiger partial charge is 0.454 e. The topological polar surface area (TPSA) is 104 Å². The quantitative estimate of drug-likeness (QED) is 0.504. The van der Waals surface area contributed by atoms with Crippen molar-refractivity contribution in [2.24, 2.45) is 0 Å². The first-order valence-corrected chi connectivity index (χ1v) is 9.84. The van der Waals surface area contributed by atoms with Gasteiger partial charge in [0.15, 0.2) is 17.3 Å². The average molecular weight is 416 g/mol. The standard InChI is InChI=1S/C23H16N2O6/c26-21-15(9-13-3-1-2-4-16(13)30-21)24-22(27)23(7-8-23)20-11-18(31-25-20)14-5-6-17-19(10-14)29-12-28-17/h1-6,9-11H,7-8,12H2,(H,24,27). The molecule has 0 radical (unpaired) electrons. The minimum atomic E-state index is -0.823. The molecule has 0 saturated heterocycles. The van der Waals surface area contributed by atoms with Gasteiger partial charge in [0.25, 0.3) is 0 Å². The Morgan fingerprint density at radius 2 is 1.84 bits per heavy atom. The van der Waals surface area contributed by atoms with Crippen molar-refractivity contribution in [1.82, 2.24) is 5.16 Å². The zero-order valence-electron chi connectivity index (χ0n) is 16.2. The maximum Gasteiger partial charge on any atom is 0.360 e. The Hall–Kier alpha value is -4.07. The van der Waals surface area contributed by atoms with E-state index in [1.54, 1.807) is 30.3 Å². The van der Waals surface area contributed by atoms with Gasteiger partial charge in [0.2, 0.25) is 12.7 Å². The number of nitrogens with zero attached hydrogens (tertiary/aromatic N) is 1. The third-order valence-electron chi connectivity index (χ3n) is 5.73. The smallest absolute Gasteiger partial charge is 0.360 e. The molecule has 3 heterocycles. The molecule has 8 heteroatoms. The van der Waals surface area contributed by atoms with E-state index >= 15 is 0 Å². The first-order valence-electron chi connectivity index (χ1n) is 9.84. The molecule has 0 unspecified atom stereocenters. The molecule has 1 saturated carbocycles. The second-order valence-electron chi connectivity index (χ2n) is 7.67. The molecule has 0 spiro atoms. The summed E-state index contributed by atoms with van der Waals surface area (Å²) in [6.07, 6.45) is 1.23. The van der Waals surface area contributed by atoms with Crippen LogP contribution in [0.4, 0.5) is 5.69 Å². The molecule has 1 aliphatic heterocycles. The van der Waals surface area contributed by atoms with Crippen LogP contribution < -0.4 is 20.4 Å². The van der Waals surface area contributed by atoms with Crippen molar-refractivity contribution in [3.05, 3.63) is 70.7 Å². The number of hydrogen-bond acceptors (Lipinski definition) is 7. The van der Waals surface area contributed by atoms with E-state index in [4.69, 9.17) is 18.4 Å². The molecule has 1 aliphatic carbocycles. The Morgan fingerprint density at radius 3 is 2.71 bits per heavy atom. The summed E-state index contributed by atoms with van der Waals surface area (Å²) < 4.78 is 21.6. The van der Waals surface area contributed by atoms with Gasteiger partial charge in [0.1, 0.15) is 11.3 Å². The van der Waals surface area contributed by atoms with Crippen LogP contribution >= 0.6 is 0 Å². The highest BCUT2D eigenvalue weighted by molar-refractivity contribution is 6.01. The summed E-state index contributed by atoms with van der Waals surface area (Å²) >= 11 is 0. The number of ether oxygens (including phenoxy) is 2. The number of hydrogen-bond donors (Lipinski definition) is 1. The van der Waals surface area contributed by atoms with Crippen LogP contribution in [0.1, 0.15) is 18.5 Å². The monoisotopic (exact) mass is 416 g/mol.